The SMILES string of the molecule is CCCC(Oc1cc(F)ccc1[C@H](C)O)C(=O)O. The number of benzene rings is 1. The van der Waals surface area contributed by atoms with Crippen LogP contribution in [0.2, 0.25) is 0 Å². The molecule has 0 bridgehead atoms. The zero-order valence-electron chi connectivity index (χ0n) is 10.4. The summed E-state index contributed by atoms with van der Waals surface area (Å²) in [7, 11) is 0. The van der Waals surface area contributed by atoms with Crippen LogP contribution in [0.5, 0.6) is 5.75 Å². The average Bonchev–Trinajstić information content (AvgIpc) is 2.28. The van der Waals surface area contributed by atoms with Gasteiger partial charge in [-0.1, -0.05) is 13.3 Å². The van der Waals surface area contributed by atoms with Crippen molar-refractivity contribution in [2.45, 2.75) is 38.9 Å². The van der Waals surface area contributed by atoms with Gasteiger partial charge in [-0.05, 0) is 25.5 Å². The van der Waals surface area contributed by atoms with Crippen LogP contribution in [0.25, 0.3) is 0 Å². The lowest BCUT2D eigenvalue weighted by atomic mass is 10.1. The van der Waals surface area contributed by atoms with Crippen LogP contribution >= 0.6 is 0 Å². The highest BCUT2D eigenvalue weighted by Crippen LogP contribution is 2.27. The number of carbonyl (C=O) groups is 1. The second-order valence-corrected chi connectivity index (χ2v) is 4.09. The summed E-state index contributed by atoms with van der Waals surface area (Å²) < 4.78 is 18.4. The van der Waals surface area contributed by atoms with Crippen LogP contribution in [0, 0.1) is 5.82 Å². The van der Waals surface area contributed by atoms with Gasteiger partial charge in [0.1, 0.15) is 11.6 Å². The maximum absolute atomic E-state index is 13.1. The number of rotatable bonds is 6. The van der Waals surface area contributed by atoms with Crippen LogP contribution in [0.3, 0.4) is 0 Å². The highest BCUT2D eigenvalue weighted by molar-refractivity contribution is 5.72. The molecule has 0 saturated heterocycles. The second-order valence-electron chi connectivity index (χ2n) is 4.09. The normalized spacial score (nSPS) is 14.0. The van der Waals surface area contributed by atoms with E-state index >= 15 is 0 Å². The Hall–Kier alpha value is -1.62. The van der Waals surface area contributed by atoms with Gasteiger partial charge in [-0.15, -0.1) is 0 Å². The van der Waals surface area contributed by atoms with Gasteiger partial charge in [0, 0.05) is 11.6 Å². The van der Waals surface area contributed by atoms with Crippen molar-refractivity contribution < 1.29 is 24.1 Å². The van der Waals surface area contributed by atoms with Gasteiger partial charge in [0.15, 0.2) is 6.10 Å². The van der Waals surface area contributed by atoms with E-state index in [4.69, 9.17) is 9.84 Å². The molecule has 0 saturated carbocycles. The summed E-state index contributed by atoms with van der Waals surface area (Å²) in [5.41, 5.74) is 0.374. The van der Waals surface area contributed by atoms with Crippen molar-refractivity contribution in [2.75, 3.05) is 0 Å². The minimum Gasteiger partial charge on any atom is -0.479 e. The maximum Gasteiger partial charge on any atom is 0.344 e. The fourth-order valence-corrected chi connectivity index (χ4v) is 1.60. The Kier molecular flexibility index (Phi) is 5.09. The van der Waals surface area contributed by atoms with Gasteiger partial charge in [0.2, 0.25) is 0 Å². The van der Waals surface area contributed by atoms with Gasteiger partial charge in [-0.3, -0.25) is 0 Å². The average molecular weight is 256 g/mol. The summed E-state index contributed by atoms with van der Waals surface area (Å²) in [6.45, 7) is 3.34. The molecule has 0 heterocycles. The molecule has 4 nitrogen and oxygen atoms in total. The number of hydrogen-bond acceptors (Lipinski definition) is 3. The molecular formula is C13H17FO4. The number of aliphatic hydroxyl groups excluding tert-OH is 1. The molecule has 1 rings (SSSR count). The molecule has 2 atom stereocenters. The van der Waals surface area contributed by atoms with E-state index in [9.17, 15) is 14.3 Å². The molecule has 0 spiro atoms. The van der Waals surface area contributed by atoms with Gasteiger partial charge in [0.25, 0.3) is 0 Å². The number of aliphatic hydroxyl groups is 1. The molecule has 0 radical (unpaired) electrons. The summed E-state index contributed by atoms with van der Waals surface area (Å²) in [4.78, 5) is 11.0. The largest absolute Gasteiger partial charge is 0.479 e. The van der Waals surface area contributed by atoms with E-state index in [1.54, 1.807) is 0 Å². The molecule has 0 aromatic heterocycles. The molecular weight excluding hydrogens is 239 g/mol. The van der Waals surface area contributed by atoms with Crippen LogP contribution in [-0.2, 0) is 4.79 Å². The van der Waals surface area contributed by atoms with E-state index in [0.29, 0.717) is 18.4 Å². The molecule has 5 heteroatoms. The monoisotopic (exact) mass is 256 g/mol. The van der Waals surface area contributed by atoms with Crippen molar-refractivity contribution in [2.24, 2.45) is 0 Å². The van der Waals surface area contributed by atoms with Crippen LogP contribution in [0.4, 0.5) is 4.39 Å². The molecule has 1 aromatic carbocycles. The zero-order chi connectivity index (χ0) is 13.7. The van der Waals surface area contributed by atoms with Crippen molar-refractivity contribution in [3.8, 4) is 5.75 Å². The first kappa shape index (κ1) is 14.4. The highest BCUT2D eigenvalue weighted by Gasteiger charge is 2.21. The van der Waals surface area contributed by atoms with Crippen LogP contribution in [0.15, 0.2) is 18.2 Å². The lowest BCUT2D eigenvalue weighted by Crippen LogP contribution is -2.27. The third-order valence-electron chi connectivity index (χ3n) is 2.52. The molecule has 100 valence electrons. The van der Waals surface area contributed by atoms with Gasteiger partial charge in [0.05, 0.1) is 6.10 Å². The fourth-order valence-electron chi connectivity index (χ4n) is 1.60. The Morgan fingerprint density at radius 3 is 2.67 bits per heavy atom. The summed E-state index contributed by atoms with van der Waals surface area (Å²) in [5, 5.41) is 18.5. The molecule has 0 aliphatic rings. The first-order chi connectivity index (χ1) is 8.45. The van der Waals surface area contributed by atoms with E-state index in [1.807, 2.05) is 6.92 Å². The Morgan fingerprint density at radius 1 is 1.50 bits per heavy atom. The summed E-state index contributed by atoms with van der Waals surface area (Å²) in [6, 6.07) is 3.68. The third kappa shape index (κ3) is 3.70. The molecule has 0 fully saturated rings. The van der Waals surface area contributed by atoms with Crippen LogP contribution < -0.4 is 4.74 Å². The first-order valence-corrected chi connectivity index (χ1v) is 5.82. The number of carboxylic acids is 1. The van der Waals surface area contributed by atoms with E-state index < -0.39 is 24.0 Å². The lowest BCUT2D eigenvalue weighted by Gasteiger charge is -2.18. The van der Waals surface area contributed by atoms with Crippen molar-refractivity contribution >= 4 is 5.97 Å². The highest BCUT2D eigenvalue weighted by atomic mass is 19.1. The summed E-state index contributed by atoms with van der Waals surface area (Å²) >= 11 is 0. The molecule has 0 aliphatic carbocycles. The Labute approximate surface area is 105 Å². The maximum atomic E-state index is 13.1. The number of hydrogen-bond donors (Lipinski definition) is 2. The van der Waals surface area contributed by atoms with E-state index in [0.717, 1.165) is 6.07 Å². The van der Waals surface area contributed by atoms with E-state index in [2.05, 4.69) is 0 Å². The van der Waals surface area contributed by atoms with Crippen LogP contribution in [-0.4, -0.2) is 22.3 Å². The number of carboxylic acid groups (broad SMARTS) is 1. The van der Waals surface area contributed by atoms with E-state index in [-0.39, 0.29) is 5.75 Å². The minimum absolute atomic E-state index is 0.0749. The van der Waals surface area contributed by atoms with Crippen molar-refractivity contribution in [3.05, 3.63) is 29.6 Å². The topological polar surface area (TPSA) is 66.8 Å². The van der Waals surface area contributed by atoms with Crippen molar-refractivity contribution in [1.82, 2.24) is 0 Å². The Balaban J connectivity index is 3.00. The first-order valence-electron chi connectivity index (χ1n) is 5.82. The van der Waals surface area contributed by atoms with Gasteiger partial charge in [-0.2, -0.15) is 0 Å². The fraction of sp³-hybridized carbons (Fsp3) is 0.462. The number of halogens is 1. The quantitative estimate of drug-likeness (QED) is 0.820. The minimum atomic E-state index is -1.10. The van der Waals surface area contributed by atoms with E-state index in [1.165, 1.54) is 19.1 Å². The molecule has 1 aromatic rings. The predicted octanol–water partition coefficient (Wildman–Crippen LogP) is 2.51. The van der Waals surface area contributed by atoms with Crippen LogP contribution in [0.1, 0.15) is 38.4 Å². The lowest BCUT2D eigenvalue weighted by molar-refractivity contribution is -0.145. The summed E-state index contributed by atoms with van der Waals surface area (Å²) in [6.07, 6.45) is -0.924. The summed E-state index contributed by atoms with van der Waals surface area (Å²) in [5.74, 6) is -1.56. The molecule has 0 amide bonds. The standard InChI is InChI=1S/C13H17FO4/c1-3-4-11(13(16)17)18-12-7-9(14)5-6-10(12)8(2)15/h5-8,11,15H,3-4H2,1-2H3,(H,16,17)/t8-,11?/m0/s1. The molecule has 18 heavy (non-hydrogen) atoms. The molecule has 0 aliphatic heterocycles. The number of aliphatic carboxylic acids is 1. The Bertz CT molecular complexity index is 417. The smallest absolute Gasteiger partial charge is 0.344 e. The zero-order valence-corrected chi connectivity index (χ0v) is 10.4. The van der Waals surface area contributed by atoms with Crippen molar-refractivity contribution in [3.63, 3.8) is 0 Å². The Morgan fingerprint density at radius 2 is 2.17 bits per heavy atom. The predicted molar refractivity (Wildman–Crippen MR) is 64.0 cm³/mol. The third-order valence-corrected chi connectivity index (χ3v) is 2.52. The second kappa shape index (κ2) is 6.35. The molecule has 2 N–H and O–H groups in total. The number of ether oxygens (including phenoxy) is 1. The van der Waals surface area contributed by atoms with Gasteiger partial charge >= 0.3 is 5.97 Å². The van der Waals surface area contributed by atoms with Crippen molar-refractivity contribution in [1.29, 1.82) is 0 Å². The molecule has 1 unspecified atom stereocenters. The van der Waals surface area contributed by atoms with Gasteiger partial charge in [-0.25, -0.2) is 9.18 Å². The van der Waals surface area contributed by atoms with Gasteiger partial charge < -0.3 is 14.9 Å².